The molecule has 1 N–H and O–H groups in total. The second-order valence-corrected chi connectivity index (χ2v) is 8.21. The van der Waals surface area contributed by atoms with Crippen LogP contribution in [-0.4, -0.2) is 38.0 Å². The van der Waals surface area contributed by atoms with Crippen LogP contribution in [0.1, 0.15) is 31.7 Å². The summed E-state index contributed by atoms with van der Waals surface area (Å²) in [5.74, 6) is 1.78. The maximum atomic E-state index is 12.4. The van der Waals surface area contributed by atoms with Gasteiger partial charge in [0.15, 0.2) is 0 Å². The molecule has 3 rings (SSSR count). The van der Waals surface area contributed by atoms with Crippen molar-refractivity contribution in [3.8, 4) is 5.75 Å². The first-order chi connectivity index (χ1) is 13.7. The number of benzene rings is 2. The first kappa shape index (κ1) is 20.7. The van der Waals surface area contributed by atoms with Gasteiger partial charge in [-0.25, -0.2) is 0 Å². The Hall–Kier alpha value is -1.98. The highest BCUT2D eigenvalue weighted by Gasteiger charge is 2.34. The molecule has 2 aromatic carbocycles. The minimum atomic E-state index is -0.0643. The van der Waals surface area contributed by atoms with E-state index < -0.39 is 0 Å². The number of hydrogen-bond acceptors (Lipinski definition) is 4. The predicted molar refractivity (Wildman–Crippen MR) is 114 cm³/mol. The monoisotopic (exact) mass is 399 g/mol. The molecule has 28 heavy (non-hydrogen) atoms. The van der Waals surface area contributed by atoms with Crippen LogP contribution in [0.25, 0.3) is 0 Å². The number of carbonyl (C=O) groups excluding carboxylic acids is 1. The molecule has 1 heterocycles. The van der Waals surface area contributed by atoms with E-state index in [0.29, 0.717) is 19.6 Å². The molecule has 1 saturated heterocycles. The quantitative estimate of drug-likeness (QED) is 0.634. The van der Waals surface area contributed by atoms with E-state index in [1.165, 1.54) is 10.5 Å². The normalized spacial score (nSPS) is 15.8. The van der Waals surface area contributed by atoms with Gasteiger partial charge in [0.1, 0.15) is 5.75 Å². The van der Waals surface area contributed by atoms with Gasteiger partial charge in [-0.15, -0.1) is 11.8 Å². The zero-order valence-electron chi connectivity index (χ0n) is 16.5. The minimum Gasteiger partial charge on any atom is -0.494 e. The van der Waals surface area contributed by atoms with Crippen molar-refractivity contribution in [1.29, 1.82) is 0 Å². The lowest BCUT2D eigenvalue weighted by atomic mass is 9.74. The summed E-state index contributed by atoms with van der Waals surface area (Å²) in [7, 11) is 0. The lowest BCUT2D eigenvalue weighted by Gasteiger charge is -2.38. The number of amides is 1. The number of ether oxygens (including phenoxy) is 2. The summed E-state index contributed by atoms with van der Waals surface area (Å²) in [5.41, 5.74) is 1.18. The van der Waals surface area contributed by atoms with Gasteiger partial charge in [0, 0.05) is 42.2 Å². The van der Waals surface area contributed by atoms with Gasteiger partial charge < -0.3 is 14.8 Å². The molecular weight excluding hydrogens is 370 g/mol. The van der Waals surface area contributed by atoms with Gasteiger partial charge in [-0.2, -0.15) is 0 Å². The van der Waals surface area contributed by atoms with Gasteiger partial charge in [0.05, 0.1) is 6.61 Å². The van der Waals surface area contributed by atoms with Crippen molar-refractivity contribution in [1.82, 2.24) is 5.32 Å². The SMILES string of the molecule is CCOc1ccc(C2(CNC(=O)CCSc3ccccc3)CCOCC2)cc1. The van der Waals surface area contributed by atoms with E-state index in [1.54, 1.807) is 11.8 Å². The zero-order valence-corrected chi connectivity index (χ0v) is 17.3. The number of rotatable bonds is 9. The van der Waals surface area contributed by atoms with Crippen LogP contribution in [0.15, 0.2) is 59.5 Å². The van der Waals surface area contributed by atoms with Crippen molar-refractivity contribution in [2.24, 2.45) is 0 Å². The Morgan fingerprint density at radius 1 is 1.11 bits per heavy atom. The summed E-state index contributed by atoms with van der Waals surface area (Å²) in [4.78, 5) is 13.6. The molecule has 1 fully saturated rings. The Morgan fingerprint density at radius 3 is 2.50 bits per heavy atom. The Labute approximate surface area is 172 Å². The average molecular weight is 400 g/mol. The second-order valence-electron chi connectivity index (χ2n) is 7.04. The molecule has 1 amide bonds. The molecule has 1 aliphatic heterocycles. The van der Waals surface area contributed by atoms with E-state index in [9.17, 15) is 4.79 Å². The second kappa shape index (κ2) is 10.5. The molecule has 0 radical (unpaired) electrons. The van der Waals surface area contributed by atoms with Crippen LogP contribution < -0.4 is 10.1 Å². The van der Waals surface area contributed by atoms with E-state index >= 15 is 0 Å². The van der Waals surface area contributed by atoms with Gasteiger partial charge in [-0.3, -0.25) is 4.79 Å². The first-order valence-corrected chi connectivity index (χ1v) is 11.0. The van der Waals surface area contributed by atoms with E-state index in [0.717, 1.165) is 37.6 Å². The minimum absolute atomic E-state index is 0.0643. The summed E-state index contributed by atoms with van der Waals surface area (Å²) >= 11 is 1.72. The Bertz CT molecular complexity index is 727. The third-order valence-electron chi connectivity index (χ3n) is 5.19. The van der Waals surface area contributed by atoms with Gasteiger partial charge in [0.25, 0.3) is 0 Å². The first-order valence-electron chi connectivity index (χ1n) is 9.97. The molecule has 0 aromatic heterocycles. The highest BCUT2D eigenvalue weighted by molar-refractivity contribution is 7.99. The smallest absolute Gasteiger partial charge is 0.220 e. The van der Waals surface area contributed by atoms with Crippen molar-refractivity contribution in [2.75, 3.05) is 32.1 Å². The van der Waals surface area contributed by atoms with Crippen LogP contribution in [-0.2, 0) is 14.9 Å². The molecule has 0 unspecified atom stereocenters. The maximum absolute atomic E-state index is 12.4. The van der Waals surface area contributed by atoms with Crippen LogP contribution in [0.5, 0.6) is 5.75 Å². The predicted octanol–water partition coefficient (Wildman–Crippen LogP) is 4.43. The van der Waals surface area contributed by atoms with Gasteiger partial charge in [-0.05, 0) is 49.6 Å². The van der Waals surface area contributed by atoms with Gasteiger partial charge in [-0.1, -0.05) is 30.3 Å². The molecule has 1 aliphatic rings. The number of thioether (sulfide) groups is 1. The highest BCUT2D eigenvalue weighted by atomic mass is 32.2. The summed E-state index contributed by atoms with van der Waals surface area (Å²) < 4.78 is 11.2. The average Bonchev–Trinajstić information content (AvgIpc) is 2.74. The third-order valence-corrected chi connectivity index (χ3v) is 6.21. The third kappa shape index (κ3) is 5.76. The van der Waals surface area contributed by atoms with Gasteiger partial charge in [0.2, 0.25) is 5.91 Å². The van der Waals surface area contributed by atoms with E-state index in [-0.39, 0.29) is 11.3 Å². The molecule has 150 valence electrons. The van der Waals surface area contributed by atoms with E-state index in [4.69, 9.17) is 9.47 Å². The molecule has 0 atom stereocenters. The fourth-order valence-corrected chi connectivity index (χ4v) is 4.41. The van der Waals surface area contributed by atoms with Crippen molar-refractivity contribution >= 4 is 17.7 Å². The van der Waals surface area contributed by atoms with Crippen molar-refractivity contribution in [3.05, 3.63) is 60.2 Å². The van der Waals surface area contributed by atoms with Crippen LogP contribution in [0.2, 0.25) is 0 Å². The topological polar surface area (TPSA) is 47.6 Å². The van der Waals surface area contributed by atoms with Crippen molar-refractivity contribution in [2.45, 2.75) is 36.5 Å². The molecule has 0 spiro atoms. The van der Waals surface area contributed by atoms with Crippen LogP contribution in [0, 0.1) is 0 Å². The van der Waals surface area contributed by atoms with Crippen molar-refractivity contribution < 1.29 is 14.3 Å². The van der Waals surface area contributed by atoms with Crippen molar-refractivity contribution in [3.63, 3.8) is 0 Å². The van der Waals surface area contributed by atoms with Crippen LogP contribution >= 0.6 is 11.8 Å². The Kier molecular flexibility index (Phi) is 7.80. The fourth-order valence-electron chi connectivity index (χ4n) is 3.54. The van der Waals surface area contributed by atoms with E-state index in [2.05, 4.69) is 29.6 Å². The molecule has 2 aromatic rings. The summed E-state index contributed by atoms with van der Waals surface area (Å²) in [6.45, 7) is 4.76. The lowest BCUT2D eigenvalue weighted by Crippen LogP contribution is -2.44. The zero-order chi connectivity index (χ0) is 19.7. The highest BCUT2D eigenvalue weighted by Crippen LogP contribution is 2.35. The molecule has 5 heteroatoms. The van der Waals surface area contributed by atoms with Crippen LogP contribution in [0.3, 0.4) is 0 Å². The number of hydrogen-bond donors (Lipinski definition) is 1. The largest absolute Gasteiger partial charge is 0.494 e. The Morgan fingerprint density at radius 2 is 1.82 bits per heavy atom. The molecule has 0 saturated carbocycles. The summed E-state index contributed by atoms with van der Waals surface area (Å²) in [6.07, 6.45) is 2.36. The fraction of sp³-hybridized carbons (Fsp3) is 0.435. The maximum Gasteiger partial charge on any atom is 0.220 e. The van der Waals surface area contributed by atoms with E-state index in [1.807, 2.05) is 37.3 Å². The van der Waals surface area contributed by atoms with Gasteiger partial charge >= 0.3 is 0 Å². The summed E-state index contributed by atoms with van der Waals surface area (Å²) in [6, 6.07) is 18.5. The number of nitrogens with one attached hydrogen (secondary N) is 1. The molecule has 0 bridgehead atoms. The number of carbonyl (C=O) groups is 1. The molecule has 0 aliphatic carbocycles. The molecular formula is C23H29NO3S. The van der Waals surface area contributed by atoms with Crippen LogP contribution in [0.4, 0.5) is 0 Å². The summed E-state index contributed by atoms with van der Waals surface area (Å²) in [5, 5.41) is 3.18. The lowest BCUT2D eigenvalue weighted by molar-refractivity contribution is -0.121. The Balaban J connectivity index is 1.55. The standard InChI is InChI=1S/C23H29NO3S/c1-2-27-20-10-8-19(9-11-20)23(13-15-26-16-14-23)18-24-22(25)12-17-28-21-6-4-3-5-7-21/h3-11H,2,12-18H2,1H3,(H,24,25). The molecule has 4 nitrogen and oxygen atoms in total.